The Labute approximate surface area is 155 Å². The molecular weight excluding hydrogens is 352 g/mol. The highest BCUT2D eigenvalue weighted by Crippen LogP contribution is 2.30. The standard InChI is InChI=1S/C18H20N4O3S/c1-11(2)12-4-6-13(7-5-12)20-15(23)9-22-18(25)17-14(8-19-22)26-10-16(24)21(17)3/h4-8,11H,9-10H2,1-3H3,(H,20,23). The molecule has 1 N–H and O–H groups in total. The van der Waals surface area contributed by atoms with E-state index in [0.717, 1.165) is 4.68 Å². The lowest BCUT2D eigenvalue weighted by atomic mass is 10.0. The van der Waals surface area contributed by atoms with Gasteiger partial charge in [-0.1, -0.05) is 26.0 Å². The van der Waals surface area contributed by atoms with Gasteiger partial charge in [-0.3, -0.25) is 14.4 Å². The number of nitrogens with zero attached hydrogens (tertiary/aromatic N) is 3. The zero-order valence-electron chi connectivity index (χ0n) is 14.9. The van der Waals surface area contributed by atoms with Crippen LogP contribution in [0.1, 0.15) is 25.3 Å². The summed E-state index contributed by atoms with van der Waals surface area (Å²) in [6, 6.07) is 7.58. The maximum absolute atomic E-state index is 12.6. The van der Waals surface area contributed by atoms with Gasteiger partial charge in [-0.2, -0.15) is 5.10 Å². The Morgan fingerprint density at radius 2 is 1.96 bits per heavy atom. The van der Waals surface area contributed by atoms with E-state index in [0.29, 0.717) is 16.5 Å². The average molecular weight is 372 g/mol. The highest BCUT2D eigenvalue weighted by atomic mass is 32.2. The van der Waals surface area contributed by atoms with Crippen molar-refractivity contribution in [1.29, 1.82) is 0 Å². The van der Waals surface area contributed by atoms with E-state index >= 15 is 0 Å². The molecule has 1 aromatic heterocycles. The minimum atomic E-state index is -0.448. The Bertz CT molecular complexity index is 906. The summed E-state index contributed by atoms with van der Waals surface area (Å²) in [6.07, 6.45) is 1.52. The van der Waals surface area contributed by atoms with Crippen LogP contribution in [-0.2, 0) is 16.1 Å². The van der Waals surface area contributed by atoms with Gasteiger partial charge in [-0.25, -0.2) is 4.68 Å². The molecule has 2 heterocycles. The van der Waals surface area contributed by atoms with E-state index in [4.69, 9.17) is 0 Å². The first-order valence-electron chi connectivity index (χ1n) is 8.26. The molecule has 0 bridgehead atoms. The molecule has 0 spiro atoms. The van der Waals surface area contributed by atoms with Crippen molar-refractivity contribution in [3.05, 3.63) is 46.4 Å². The van der Waals surface area contributed by atoms with Crippen LogP contribution >= 0.6 is 11.8 Å². The Morgan fingerprint density at radius 1 is 1.27 bits per heavy atom. The maximum atomic E-state index is 12.6. The molecule has 0 atom stereocenters. The summed E-state index contributed by atoms with van der Waals surface area (Å²) in [5.74, 6) is 0.193. The van der Waals surface area contributed by atoms with Gasteiger partial charge in [0.2, 0.25) is 11.8 Å². The SMILES string of the molecule is CC(C)c1ccc(NC(=O)Cn2ncc3c(c2=O)N(C)C(=O)CS3)cc1. The monoisotopic (exact) mass is 372 g/mol. The molecule has 1 aromatic carbocycles. The minimum Gasteiger partial charge on any atom is -0.324 e. The number of thioether (sulfide) groups is 1. The summed E-state index contributed by atoms with van der Waals surface area (Å²) in [4.78, 5) is 38.7. The van der Waals surface area contributed by atoms with Crippen LogP contribution in [-0.4, -0.2) is 34.4 Å². The Morgan fingerprint density at radius 3 is 2.62 bits per heavy atom. The van der Waals surface area contributed by atoms with Crippen molar-refractivity contribution >= 4 is 35.0 Å². The van der Waals surface area contributed by atoms with Gasteiger partial charge in [0.05, 0.1) is 16.8 Å². The van der Waals surface area contributed by atoms with E-state index < -0.39 is 5.56 Å². The lowest BCUT2D eigenvalue weighted by molar-refractivity contribution is -0.117. The van der Waals surface area contributed by atoms with E-state index in [-0.39, 0.29) is 29.8 Å². The summed E-state index contributed by atoms with van der Waals surface area (Å²) in [7, 11) is 1.56. The fourth-order valence-electron chi connectivity index (χ4n) is 2.64. The van der Waals surface area contributed by atoms with Gasteiger partial charge in [0, 0.05) is 12.7 Å². The molecule has 0 saturated carbocycles. The molecule has 8 heteroatoms. The summed E-state index contributed by atoms with van der Waals surface area (Å²) in [5, 5.41) is 6.81. The number of hydrogen-bond donors (Lipinski definition) is 1. The van der Waals surface area contributed by atoms with Crippen molar-refractivity contribution in [3.8, 4) is 0 Å². The van der Waals surface area contributed by atoms with Crippen molar-refractivity contribution in [2.24, 2.45) is 0 Å². The predicted molar refractivity (Wildman–Crippen MR) is 102 cm³/mol. The van der Waals surface area contributed by atoms with Crippen LogP contribution in [0.15, 0.2) is 40.2 Å². The second kappa shape index (κ2) is 7.33. The summed E-state index contributed by atoms with van der Waals surface area (Å²) in [5.41, 5.74) is 1.67. The van der Waals surface area contributed by atoms with Gasteiger partial charge in [-0.15, -0.1) is 11.8 Å². The zero-order valence-corrected chi connectivity index (χ0v) is 15.7. The number of aromatic nitrogens is 2. The molecule has 1 aliphatic rings. The Hall–Kier alpha value is -2.61. The second-order valence-electron chi connectivity index (χ2n) is 6.39. The number of hydrogen-bond acceptors (Lipinski definition) is 5. The van der Waals surface area contributed by atoms with Gasteiger partial charge in [0.15, 0.2) is 0 Å². The van der Waals surface area contributed by atoms with E-state index in [2.05, 4.69) is 24.3 Å². The number of nitrogens with one attached hydrogen (secondary N) is 1. The second-order valence-corrected chi connectivity index (χ2v) is 7.40. The molecule has 0 saturated heterocycles. The molecule has 0 fully saturated rings. The van der Waals surface area contributed by atoms with E-state index in [1.807, 2.05) is 24.3 Å². The van der Waals surface area contributed by atoms with Crippen LogP contribution in [0.4, 0.5) is 11.4 Å². The first kappa shape index (κ1) is 18.2. The molecule has 26 heavy (non-hydrogen) atoms. The summed E-state index contributed by atoms with van der Waals surface area (Å²) < 4.78 is 1.08. The highest BCUT2D eigenvalue weighted by molar-refractivity contribution is 8.00. The van der Waals surface area contributed by atoms with Gasteiger partial charge in [0.1, 0.15) is 12.2 Å². The van der Waals surface area contributed by atoms with Crippen molar-refractivity contribution in [2.75, 3.05) is 23.0 Å². The zero-order chi connectivity index (χ0) is 18.8. The fraction of sp³-hybridized carbons (Fsp3) is 0.333. The van der Waals surface area contributed by atoms with Gasteiger partial charge in [-0.05, 0) is 23.6 Å². The molecule has 1 aliphatic heterocycles. The summed E-state index contributed by atoms with van der Waals surface area (Å²) >= 11 is 1.28. The number of amides is 2. The van der Waals surface area contributed by atoms with Gasteiger partial charge >= 0.3 is 0 Å². The third-order valence-corrected chi connectivity index (χ3v) is 5.20. The molecule has 3 rings (SSSR count). The first-order chi connectivity index (χ1) is 12.4. The van der Waals surface area contributed by atoms with Crippen LogP contribution in [0, 0.1) is 0 Å². The molecule has 0 radical (unpaired) electrons. The molecule has 7 nitrogen and oxygen atoms in total. The normalized spacial score (nSPS) is 13.7. The number of fused-ring (bicyclic) bond motifs is 1. The third-order valence-electron chi connectivity index (χ3n) is 4.20. The van der Waals surface area contributed by atoms with E-state index in [1.165, 1.54) is 28.4 Å². The topological polar surface area (TPSA) is 84.3 Å². The molecular formula is C18H20N4O3S. The molecule has 2 aromatic rings. The van der Waals surface area contributed by atoms with Gasteiger partial charge in [0.25, 0.3) is 5.56 Å². The van der Waals surface area contributed by atoms with Crippen molar-refractivity contribution < 1.29 is 9.59 Å². The Balaban J connectivity index is 1.76. The Kier molecular flexibility index (Phi) is 5.13. The van der Waals surface area contributed by atoms with Gasteiger partial charge < -0.3 is 10.2 Å². The number of carbonyl (C=O) groups excluding carboxylic acids is 2. The van der Waals surface area contributed by atoms with Crippen molar-refractivity contribution in [3.63, 3.8) is 0 Å². The number of rotatable bonds is 4. The summed E-state index contributed by atoms with van der Waals surface area (Å²) in [6.45, 7) is 3.98. The molecule has 136 valence electrons. The van der Waals surface area contributed by atoms with Crippen molar-refractivity contribution in [1.82, 2.24) is 9.78 Å². The first-order valence-corrected chi connectivity index (χ1v) is 9.24. The third kappa shape index (κ3) is 3.65. The molecule has 2 amide bonds. The van der Waals surface area contributed by atoms with Crippen LogP contribution in [0.2, 0.25) is 0 Å². The fourth-order valence-corrected chi connectivity index (χ4v) is 3.59. The minimum absolute atomic E-state index is 0.146. The maximum Gasteiger partial charge on any atom is 0.292 e. The lowest BCUT2D eigenvalue weighted by Crippen LogP contribution is -2.40. The average Bonchev–Trinajstić information content (AvgIpc) is 2.61. The van der Waals surface area contributed by atoms with Crippen LogP contribution in [0.5, 0.6) is 0 Å². The van der Waals surface area contributed by atoms with E-state index in [1.54, 1.807) is 7.05 Å². The molecule has 0 aliphatic carbocycles. The predicted octanol–water partition coefficient (Wildman–Crippen LogP) is 2.07. The highest BCUT2D eigenvalue weighted by Gasteiger charge is 2.26. The van der Waals surface area contributed by atoms with Crippen molar-refractivity contribution in [2.45, 2.75) is 31.2 Å². The smallest absolute Gasteiger partial charge is 0.292 e. The number of carbonyl (C=O) groups is 2. The lowest BCUT2D eigenvalue weighted by Gasteiger charge is -2.24. The quantitative estimate of drug-likeness (QED) is 0.888. The molecule has 0 unspecified atom stereocenters. The van der Waals surface area contributed by atoms with Crippen LogP contribution < -0.4 is 15.8 Å². The number of anilines is 2. The van der Waals surface area contributed by atoms with Crippen LogP contribution in [0.3, 0.4) is 0 Å². The van der Waals surface area contributed by atoms with Crippen LogP contribution in [0.25, 0.3) is 0 Å². The largest absolute Gasteiger partial charge is 0.324 e. The number of benzene rings is 1. The van der Waals surface area contributed by atoms with E-state index in [9.17, 15) is 14.4 Å².